The van der Waals surface area contributed by atoms with Crippen LogP contribution in [0.25, 0.3) is 0 Å². The van der Waals surface area contributed by atoms with Gasteiger partial charge in [0.05, 0.1) is 5.75 Å². The highest BCUT2D eigenvalue weighted by Crippen LogP contribution is 1.96. The van der Waals surface area contributed by atoms with Gasteiger partial charge in [-0.05, 0) is 31.8 Å². The van der Waals surface area contributed by atoms with E-state index in [1.807, 2.05) is 20.8 Å². The van der Waals surface area contributed by atoms with Gasteiger partial charge in [-0.15, -0.1) is 0 Å². The Hall–Kier alpha value is -0.130. The highest BCUT2D eigenvalue weighted by molar-refractivity contribution is 7.89. The van der Waals surface area contributed by atoms with Crippen LogP contribution in [-0.2, 0) is 10.0 Å². The third kappa shape index (κ3) is 10.2. The van der Waals surface area contributed by atoms with Crippen molar-refractivity contribution in [3.05, 3.63) is 0 Å². The molecule has 4 nitrogen and oxygen atoms in total. The molecule has 0 spiro atoms. The molecular weight excluding hydrogens is 212 g/mol. The van der Waals surface area contributed by atoms with Gasteiger partial charge >= 0.3 is 0 Å². The Kier molecular flexibility index (Phi) is 8.00. The quantitative estimate of drug-likeness (QED) is 0.586. The van der Waals surface area contributed by atoms with Gasteiger partial charge < -0.3 is 5.32 Å². The van der Waals surface area contributed by atoms with Crippen molar-refractivity contribution in [3.63, 3.8) is 0 Å². The van der Waals surface area contributed by atoms with Crippen LogP contribution in [0.1, 0.15) is 33.6 Å². The molecule has 0 fully saturated rings. The maximum absolute atomic E-state index is 11.4. The van der Waals surface area contributed by atoms with Crippen molar-refractivity contribution in [2.45, 2.75) is 33.6 Å². The Balaban J connectivity index is 3.56. The van der Waals surface area contributed by atoms with Crippen LogP contribution in [0.15, 0.2) is 0 Å². The first-order valence-electron chi connectivity index (χ1n) is 5.66. The van der Waals surface area contributed by atoms with E-state index >= 15 is 0 Å². The van der Waals surface area contributed by atoms with Crippen molar-refractivity contribution in [2.75, 3.05) is 25.4 Å². The van der Waals surface area contributed by atoms with Gasteiger partial charge in [-0.25, -0.2) is 13.1 Å². The topological polar surface area (TPSA) is 58.2 Å². The SMILES string of the molecule is CCNCCCCS(=O)(=O)NCC(C)C. The minimum absolute atomic E-state index is 0.241. The average molecular weight is 236 g/mol. The minimum Gasteiger partial charge on any atom is -0.317 e. The average Bonchev–Trinajstić information content (AvgIpc) is 2.15. The molecule has 92 valence electrons. The fourth-order valence-corrected chi connectivity index (χ4v) is 2.40. The summed E-state index contributed by atoms with van der Waals surface area (Å²) < 4.78 is 25.5. The first-order chi connectivity index (χ1) is 6.98. The highest BCUT2D eigenvalue weighted by Gasteiger charge is 2.09. The molecule has 0 unspecified atom stereocenters. The fourth-order valence-electron chi connectivity index (χ4n) is 1.08. The molecule has 0 aromatic carbocycles. The van der Waals surface area contributed by atoms with Gasteiger partial charge in [0, 0.05) is 6.54 Å². The second kappa shape index (κ2) is 8.07. The fraction of sp³-hybridized carbons (Fsp3) is 1.00. The highest BCUT2D eigenvalue weighted by atomic mass is 32.2. The standard InChI is InChI=1S/C10H24N2O2S/c1-4-11-7-5-6-8-15(13,14)12-9-10(2)3/h10-12H,4-9H2,1-3H3. The van der Waals surface area contributed by atoms with E-state index in [0.29, 0.717) is 12.5 Å². The zero-order valence-corrected chi connectivity index (χ0v) is 10.9. The molecule has 5 heteroatoms. The van der Waals surface area contributed by atoms with Gasteiger partial charge in [0.2, 0.25) is 10.0 Å². The van der Waals surface area contributed by atoms with Crippen molar-refractivity contribution in [2.24, 2.45) is 5.92 Å². The summed E-state index contributed by atoms with van der Waals surface area (Å²) in [4.78, 5) is 0. The van der Waals surface area contributed by atoms with Crippen LogP contribution in [0.5, 0.6) is 0 Å². The Bertz CT molecular complexity index is 238. The molecule has 0 aromatic heterocycles. The summed E-state index contributed by atoms with van der Waals surface area (Å²) >= 11 is 0. The van der Waals surface area contributed by atoms with Crippen molar-refractivity contribution in [1.82, 2.24) is 10.0 Å². The second-order valence-corrected chi connectivity index (χ2v) is 6.05. The Labute approximate surface area is 93.9 Å². The van der Waals surface area contributed by atoms with E-state index in [1.54, 1.807) is 0 Å². The third-order valence-electron chi connectivity index (χ3n) is 1.98. The summed E-state index contributed by atoms with van der Waals surface area (Å²) in [6, 6.07) is 0. The zero-order chi connectivity index (χ0) is 11.7. The molecule has 0 heterocycles. The molecule has 0 rings (SSSR count). The van der Waals surface area contributed by atoms with E-state index < -0.39 is 10.0 Å². The summed E-state index contributed by atoms with van der Waals surface area (Å²) in [6.07, 6.45) is 1.64. The van der Waals surface area contributed by atoms with Gasteiger partial charge in [-0.1, -0.05) is 20.8 Å². The number of hydrogen-bond donors (Lipinski definition) is 2. The van der Waals surface area contributed by atoms with Crippen LogP contribution in [0.2, 0.25) is 0 Å². The maximum Gasteiger partial charge on any atom is 0.211 e. The molecule has 0 radical (unpaired) electrons. The van der Waals surface area contributed by atoms with E-state index in [1.165, 1.54) is 0 Å². The molecule has 0 bridgehead atoms. The summed E-state index contributed by atoms with van der Waals surface area (Å²) in [6.45, 7) is 8.41. The van der Waals surface area contributed by atoms with Crippen molar-refractivity contribution >= 4 is 10.0 Å². The number of hydrogen-bond acceptors (Lipinski definition) is 3. The molecule has 2 N–H and O–H groups in total. The van der Waals surface area contributed by atoms with E-state index in [-0.39, 0.29) is 5.75 Å². The predicted octanol–water partition coefficient (Wildman–Crippen LogP) is 0.952. The maximum atomic E-state index is 11.4. The van der Waals surface area contributed by atoms with Crippen LogP contribution in [0.3, 0.4) is 0 Å². The Morgan fingerprint density at radius 3 is 2.40 bits per heavy atom. The molecule has 0 aliphatic carbocycles. The second-order valence-electron chi connectivity index (χ2n) is 4.12. The van der Waals surface area contributed by atoms with E-state index in [2.05, 4.69) is 10.0 Å². The summed E-state index contributed by atoms with van der Waals surface area (Å²) in [5.74, 6) is 0.604. The molecule has 0 saturated carbocycles. The lowest BCUT2D eigenvalue weighted by molar-refractivity contribution is 0.555. The molecule has 0 aliphatic rings. The first-order valence-corrected chi connectivity index (χ1v) is 7.31. The van der Waals surface area contributed by atoms with Gasteiger partial charge in [0.15, 0.2) is 0 Å². The predicted molar refractivity (Wildman–Crippen MR) is 64.4 cm³/mol. The molecule has 15 heavy (non-hydrogen) atoms. The van der Waals surface area contributed by atoms with E-state index in [4.69, 9.17) is 0 Å². The van der Waals surface area contributed by atoms with Crippen LogP contribution in [0.4, 0.5) is 0 Å². The molecule has 0 aliphatic heterocycles. The van der Waals surface area contributed by atoms with E-state index in [0.717, 1.165) is 25.9 Å². The molecule has 0 aromatic rings. The number of nitrogens with one attached hydrogen (secondary N) is 2. The van der Waals surface area contributed by atoms with Crippen molar-refractivity contribution < 1.29 is 8.42 Å². The summed E-state index contributed by atoms with van der Waals surface area (Å²) in [5, 5.41) is 3.17. The van der Waals surface area contributed by atoms with Gasteiger partial charge in [-0.3, -0.25) is 0 Å². The van der Waals surface area contributed by atoms with Crippen molar-refractivity contribution in [3.8, 4) is 0 Å². The normalized spacial score (nSPS) is 12.3. The van der Waals surface area contributed by atoms with Crippen LogP contribution < -0.4 is 10.0 Å². The number of rotatable bonds is 9. The number of sulfonamides is 1. The smallest absolute Gasteiger partial charge is 0.211 e. The molecule has 0 saturated heterocycles. The molecule has 0 amide bonds. The lowest BCUT2D eigenvalue weighted by Crippen LogP contribution is -2.30. The molecule has 0 atom stereocenters. The van der Waals surface area contributed by atoms with Crippen LogP contribution in [-0.4, -0.2) is 33.8 Å². The Morgan fingerprint density at radius 2 is 1.87 bits per heavy atom. The Morgan fingerprint density at radius 1 is 1.20 bits per heavy atom. The third-order valence-corrected chi connectivity index (χ3v) is 3.41. The minimum atomic E-state index is -3.04. The van der Waals surface area contributed by atoms with Gasteiger partial charge in [-0.2, -0.15) is 0 Å². The first kappa shape index (κ1) is 14.9. The van der Waals surface area contributed by atoms with E-state index in [9.17, 15) is 8.42 Å². The largest absolute Gasteiger partial charge is 0.317 e. The van der Waals surface area contributed by atoms with Gasteiger partial charge in [0.25, 0.3) is 0 Å². The lowest BCUT2D eigenvalue weighted by atomic mass is 10.2. The summed E-state index contributed by atoms with van der Waals surface area (Å²) in [7, 11) is -3.04. The van der Waals surface area contributed by atoms with Gasteiger partial charge in [0.1, 0.15) is 0 Å². The van der Waals surface area contributed by atoms with Crippen LogP contribution >= 0.6 is 0 Å². The summed E-state index contributed by atoms with van der Waals surface area (Å²) in [5.41, 5.74) is 0. The molecular formula is C10H24N2O2S. The number of unbranched alkanes of at least 4 members (excludes halogenated alkanes) is 1. The van der Waals surface area contributed by atoms with Crippen LogP contribution in [0, 0.1) is 5.92 Å². The monoisotopic (exact) mass is 236 g/mol. The van der Waals surface area contributed by atoms with Crippen molar-refractivity contribution in [1.29, 1.82) is 0 Å². The zero-order valence-electron chi connectivity index (χ0n) is 10.0. The lowest BCUT2D eigenvalue weighted by Gasteiger charge is -2.08.